The van der Waals surface area contributed by atoms with Crippen molar-refractivity contribution in [3.63, 3.8) is 0 Å². The first-order chi connectivity index (χ1) is 23.0. The number of anilines is 1. The number of hydrogen-bond donors (Lipinski definition) is 1. The number of nitrogens with zero attached hydrogens (tertiary/aromatic N) is 2. The molecule has 0 heterocycles. The molecule has 0 saturated heterocycles. The number of rotatable bonds is 16. The summed E-state index contributed by atoms with van der Waals surface area (Å²) in [6, 6.07) is 29.2. The lowest BCUT2D eigenvalue weighted by Crippen LogP contribution is -2.54. The Morgan fingerprint density at radius 3 is 2.17 bits per heavy atom. The Morgan fingerprint density at radius 1 is 0.896 bits per heavy atom. The number of thioether (sulfide) groups is 1. The lowest BCUT2D eigenvalue weighted by atomic mass is 10.0. The fourth-order valence-electron chi connectivity index (χ4n) is 5.11. The van der Waals surface area contributed by atoms with Crippen molar-refractivity contribution in [2.75, 3.05) is 23.7 Å². The Labute approximate surface area is 297 Å². The molecule has 0 fully saturated rings. The van der Waals surface area contributed by atoms with E-state index >= 15 is 0 Å². The first kappa shape index (κ1) is 37.0. The van der Waals surface area contributed by atoms with Crippen LogP contribution in [0.25, 0.3) is 0 Å². The van der Waals surface area contributed by atoms with Crippen molar-refractivity contribution in [1.29, 1.82) is 0 Å². The maximum Gasteiger partial charge on any atom is 0.264 e. The number of hydrogen-bond acceptors (Lipinski definition) is 6. The van der Waals surface area contributed by atoms with Crippen LogP contribution in [0.3, 0.4) is 0 Å². The number of carbonyl (C=O) groups is 2. The highest BCUT2D eigenvalue weighted by Crippen LogP contribution is 2.28. The third kappa shape index (κ3) is 9.87. The standard InChI is InChI=1S/C37H42BrN3O5S2/c1-5-27(3)39-37(43)35(24-28-11-8-7-9-12-28)40(25-29-13-10-14-30(38)23-29)36(42)26-41(31-15-17-32(18-16-31)46-6-2)48(44,45)34-21-19-33(47-4)20-22-34/h7-23,27,35H,5-6,24-26H2,1-4H3,(H,39,43)/t27-,35+/m1/s1. The third-order valence-electron chi connectivity index (χ3n) is 7.88. The van der Waals surface area contributed by atoms with Crippen LogP contribution in [0.4, 0.5) is 5.69 Å². The second kappa shape index (κ2) is 17.6. The number of halogens is 1. The molecule has 254 valence electrons. The average Bonchev–Trinajstić information content (AvgIpc) is 3.09. The van der Waals surface area contributed by atoms with Crippen molar-refractivity contribution in [1.82, 2.24) is 10.2 Å². The van der Waals surface area contributed by atoms with Gasteiger partial charge in [0, 0.05) is 28.4 Å². The molecule has 0 unspecified atom stereocenters. The lowest BCUT2D eigenvalue weighted by Gasteiger charge is -2.34. The fourth-order valence-corrected chi connectivity index (χ4v) is 7.38. The largest absolute Gasteiger partial charge is 0.494 e. The molecule has 0 saturated carbocycles. The van der Waals surface area contributed by atoms with E-state index in [2.05, 4.69) is 21.2 Å². The summed E-state index contributed by atoms with van der Waals surface area (Å²) in [6.45, 7) is 5.77. The molecule has 4 rings (SSSR count). The van der Waals surface area contributed by atoms with Gasteiger partial charge in [-0.25, -0.2) is 8.42 Å². The predicted octanol–water partition coefficient (Wildman–Crippen LogP) is 7.32. The van der Waals surface area contributed by atoms with Crippen LogP contribution in [0.5, 0.6) is 5.75 Å². The molecule has 48 heavy (non-hydrogen) atoms. The summed E-state index contributed by atoms with van der Waals surface area (Å²) in [4.78, 5) is 31.1. The summed E-state index contributed by atoms with van der Waals surface area (Å²) < 4.78 is 36.2. The van der Waals surface area contributed by atoms with Gasteiger partial charge >= 0.3 is 0 Å². The maximum absolute atomic E-state index is 14.7. The van der Waals surface area contributed by atoms with E-state index in [-0.39, 0.29) is 29.8 Å². The zero-order valence-electron chi connectivity index (χ0n) is 27.6. The van der Waals surface area contributed by atoms with Crippen LogP contribution in [0, 0.1) is 0 Å². The summed E-state index contributed by atoms with van der Waals surface area (Å²) in [7, 11) is -4.21. The Kier molecular flexibility index (Phi) is 13.5. The quantitative estimate of drug-likeness (QED) is 0.121. The van der Waals surface area contributed by atoms with Crippen LogP contribution in [-0.4, -0.2) is 56.6 Å². The van der Waals surface area contributed by atoms with Gasteiger partial charge < -0.3 is 15.0 Å². The van der Waals surface area contributed by atoms with Crippen molar-refractivity contribution in [3.8, 4) is 5.75 Å². The molecule has 1 N–H and O–H groups in total. The summed E-state index contributed by atoms with van der Waals surface area (Å²) in [5.74, 6) is -0.247. The van der Waals surface area contributed by atoms with E-state index in [0.717, 1.165) is 24.8 Å². The van der Waals surface area contributed by atoms with Gasteiger partial charge in [0.2, 0.25) is 11.8 Å². The van der Waals surface area contributed by atoms with Crippen molar-refractivity contribution < 1.29 is 22.7 Å². The minimum Gasteiger partial charge on any atom is -0.494 e. The minimum atomic E-state index is -4.21. The molecule has 0 spiro atoms. The molecule has 4 aromatic rings. The molecule has 4 aromatic carbocycles. The first-order valence-electron chi connectivity index (χ1n) is 15.8. The van der Waals surface area contributed by atoms with E-state index in [1.54, 1.807) is 48.5 Å². The number of carbonyl (C=O) groups excluding carboxylic acids is 2. The van der Waals surface area contributed by atoms with E-state index < -0.39 is 28.5 Å². The smallest absolute Gasteiger partial charge is 0.264 e. The normalized spacial score (nSPS) is 12.5. The Bertz CT molecular complexity index is 1750. The molecular formula is C37H42BrN3O5S2. The highest BCUT2D eigenvalue weighted by atomic mass is 79.9. The number of ether oxygens (including phenoxy) is 1. The molecule has 0 aliphatic heterocycles. The molecule has 2 atom stereocenters. The molecule has 8 nitrogen and oxygen atoms in total. The van der Waals surface area contributed by atoms with Gasteiger partial charge in [0.25, 0.3) is 10.0 Å². The van der Waals surface area contributed by atoms with Crippen LogP contribution in [0.1, 0.15) is 38.3 Å². The van der Waals surface area contributed by atoms with Crippen LogP contribution in [0.15, 0.2) is 117 Å². The van der Waals surface area contributed by atoms with Crippen molar-refractivity contribution in [2.24, 2.45) is 0 Å². The monoisotopic (exact) mass is 751 g/mol. The summed E-state index contributed by atoms with van der Waals surface area (Å²) in [5, 5.41) is 3.06. The van der Waals surface area contributed by atoms with Gasteiger partial charge in [0.05, 0.1) is 17.2 Å². The summed E-state index contributed by atoms with van der Waals surface area (Å²) >= 11 is 5.02. The van der Waals surface area contributed by atoms with Gasteiger partial charge in [-0.1, -0.05) is 65.3 Å². The molecule has 0 aromatic heterocycles. The molecule has 0 bridgehead atoms. The molecule has 2 amide bonds. The SMILES string of the molecule is CCOc1ccc(N(CC(=O)N(Cc2cccc(Br)c2)[C@@H](Cc2ccccc2)C(=O)N[C@H](C)CC)S(=O)(=O)c2ccc(SC)cc2)cc1. The number of benzene rings is 4. The van der Waals surface area contributed by atoms with Crippen LogP contribution in [-0.2, 0) is 32.6 Å². The second-order valence-corrected chi connectivity index (χ2v) is 14.9. The molecule has 11 heteroatoms. The van der Waals surface area contributed by atoms with E-state index in [9.17, 15) is 18.0 Å². The summed E-state index contributed by atoms with van der Waals surface area (Å²) in [6.07, 6.45) is 2.87. The average molecular weight is 753 g/mol. The van der Waals surface area contributed by atoms with Gasteiger partial charge in [0.15, 0.2) is 0 Å². The van der Waals surface area contributed by atoms with Gasteiger partial charge in [-0.15, -0.1) is 11.8 Å². The van der Waals surface area contributed by atoms with Gasteiger partial charge in [-0.05, 0) is 98.3 Å². The number of sulfonamides is 1. The van der Waals surface area contributed by atoms with Gasteiger partial charge in [-0.2, -0.15) is 0 Å². The topological polar surface area (TPSA) is 96.0 Å². The minimum absolute atomic E-state index is 0.0517. The molecule has 0 radical (unpaired) electrons. The van der Waals surface area contributed by atoms with Crippen LogP contribution in [0.2, 0.25) is 0 Å². The molecule has 0 aliphatic carbocycles. The maximum atomic E-state index is 14.7. The number of nitrogens with one attached hydrogen (secondary N) is 1. The zero-order valence-corrected chi connectivity index (χ0v) is 30.9. The highest BCUT2D eigenvalue weighted by Gasteiger charge is 2.35. The van der Waals surface area contributed by atoms with Gasteiger partial charge in [-0.3, -0.25) is 13.9 Å². The Morgan fingerprint density at radius 2 is 1.56 bits per heavy atom. The Balaban J connectivity index is 1.81. The van der Waals surface area contributed by atoms with E-state index in [1.807, 2.05) is 81.6 Å². The van der Waals surface area contributed by atoms with Crippen molar-refractivity contribution >= 4 is 55.2 Å². The molecular weight excluding hydrogens is 710 g/mol. The highest BCUT2D eigenvalue weighted by molar-refractivity contribution is 9.10. The van der Waals surface area contributed by atoms with Crippen LogP contribution >= 0.6 is 27.7 Å². The van der Waals surface area contributed by atoms with E-state index in [1.165, 1.54) is 16.7 Å². The zero-order chi connectivity index (χ0) is 34.7. The van der Waals surface area contributed by atoms with Gasteiger partial charge in [0.1, 0.15) is 18.3 Å². The predicted molar refractivity (Wildman–Crippen MR) is 197 cm³/mol. The lowest BCUT2D eigenvalue weighted by molar-refractivity contribution is -0.140. The first-order valence-corrected chi connectivity index (χ1v) is 19.3. The summed E-state index contributed by atoms with van der Waals surface area (Å²) in [5.41, 5.74) is 1.96. The third-order valence-corrected chi connectivity index (χ3v) is 10.9. The second-order valence-electron chi connectivity index (χ2n) is 11.3. The fraction of sp³-hybridized carbons (Fsp3) is 0.297. The van der Waals surface area contributed by atoms with E-state index in [0.29, 0.717) is 24.5 Å². The van der Waals surface area contributed by atoms with Crippen molar-refractivity contribution in [3.05, 3.63) is 119 Å². The molecule has 0 aliphatic rings. The van der Waals surface area contributed by atoms with Crippen molar-refractivity contribution in [2.45, 2.75) is 62.0 Å². The van der Waals surface area contributed by atoms with Crippen LogP contribution < -0.4 is 14.4 Å². The van der Waals surface area contributed by atoms with E-state index in [4.69, 9.17) is 4.74 Å². The number of amides is 2. The Hall–Kier alpha value is -3.80.